The number of hydrogen-bond acceptors (Lipinski definition) is 5. The van der Waals surface area contributed by atoms with Crippen LogP contribution in [0.1, 0.15) is 31.4 Å². The van der Waals surface area contributed by atoms with Crippen molar-refractivity contribution in [1.82, 2.24) is 5.32 Å². The van der Waals surface area contributed by atoms with Crippen molar-refractivity contribution in [3.63, 3.8) is 0 Å². The number of benzene rings is 2. The molecule has 2 aliphatic heterocycles. The van der Waals surface area contributed by atoms with Gasteiger partial charge in [0.05, 0.1) is 25.8 Å². The van der Waals surface area contributed by atoms with Crippen LogP contribution < -0.4 is 25.4 Å². The lowest BCUT2D eigenvalue weighted by molar-refractivity contribution is -0.130. The highest BCUT2D eigenvalue weighted by molar-refractivity contribution is 6.10. The van der Waals surface area contributed by atoms with E-state index in [1.807, 2.05) is 25.1 Å². The van der Waals surface area contributed by atoms with E-state index in [1.54, 1.807) is 32.4 Å². The molecule has 1 saturated heterocycles. The molecular formula is C24H29N3O4. The van der Waals surface area contributed by atoms with Gasteiger partial charge in [0.2, 0.25) is 11.8 Å². The van der Waals surface area contributed by atoms with Crippen LogP contribution in [0.4, 0.5) is 11.4 Å². The van der Waals surface area contributed by atoms with Crippen molar-refractivity contribution in [2.75, 3.05) is 24.9 Å². The fourth-order valence-electron chi connectivity index (χ4n) is 4.68. The van der Waals surface area contributed by atoms with Crippen LogP contribution in [0.2, 0.25) is 0 Å². The first kappa shape index (κ1) is 21.2. The summed E-state index contributed by atoms with van der Waals surface area (Å²) in [5, 5.41) is 9.51. The number of nitrogens with one attached hydrogen (secondary N) is 3. The molecule has 4 rings (SSSR count). The number of carbonyl (C=O) groups excluding carboxylic acids is 2. The SMILES string of the molecule is COc1ccc(OC)c(NC(=O)[C@H]2C[C@H](C(C)C)N[C@@]23C(=O)Nc2ccc(C)cc23)c1. The Labute approximate surface area is 182 Å². The molecule has 2 aromatic carbocycles. The summed E-state index contributed by atoms with van der Waals surface area (Å²) in [7, 11) is 3.12. The number of amides is 2. The Morgan fingerprint density at radius 2 is 1.94 bits per heavy atom. The van der Waals surface area contributed by atoms with Gasteiger partial charge in [-0.2, -0.15) is 0 Å². The molecule has 2 heterocycles. The molecule has 1 fully saturated rings. The standard InChI is InChI=1S/C24H29N3O4/c1-13(2)19-12-17(22(28)25-20-11-15(30-4)7-9-21(20)31-5)24(27-19)16-10-14(3)6-8-18(16)26-23(24)29/h6-11,13,17,19,27H,12H2,1-5H3,(H,25,28)(H,26,29)/t17-,19-,24-/m1/s1. The maximum atomic E-state index is 13.6. The predicted octanol–water partition coefficient (Wildman–Crippen LogP) is 3.43. The number of ether oxygens (including phenoxy) is 2. The first-order valence-corrected chi connectivity index (χ1v) is 10.5. The number of methoxy groups -OCH3 is 2. The van der Waals surface area contributed by atoms with Crippen molar-refractivity contribution >= 4 is 23.2 Å². The van der Waals surface area contributed by atoms with Gasteiger partial charge in [-0.05, 0) is 37.5 Å². The van der Waals surface area contributed by atoms with Crippen LogP contribution in [-0.2, 0) is 15.1 Å². The van der Waals surface area contributed by atoms with Gasteiger partial charge in [0.15, 0.2) is 0 Å². The lowest BCUT2D eigenvalue weighted by Gasteiger charge is -2.30. The summed E-state index contributed by atoms with van der Waals surface area (Å²) in [5.41, 5.74) is 2.03. The van der Waals surface area contributed by atoms with Crippen LogP contribution in [-0.4, -0.2) is 32.1 Å². The highest BCUT2D eigenvalue weighted by Crippen LogP contribution is 2.48. The van der Waals surface area contributed by atoms with E-state index in [0.29, 0.717) is 23.6 Å². The second-order valence-electron chi connectivity index (χ2n) is 8.65. The molecule has 0 aliphatic carbocycles. The lowest BCUT2D eigenvalue weighted by Crippen LogP contribution is -2.52. The van der Waals surface area contributed by atoms with Crippen LogP contribution in [0.3, 0.4) is 0 Å². The number of hydrogen-bond donors (Lipinski definition) is 3. The van der Waals surface area contributed by atoms with Crippen LogP contribution in [0, 0.1) is 18.8 Å². The summed E-state index contributed by atoms with van der Waals surface area (Å²) in [6, 6.07) is 11.1. The van der Waals surface area contributed by atoms with E-state index in [4.69, 9.17) is 9.47 Å². The number of fused-ring (bicyclic) bond motifs is 2. The van der Waals surface area contributed by atoms with Gasteiger partial charge < -0.3 is 20.1 Å². The van der Waals surface area contributed by atoms with Crippen LogP contribution in [0.15, 0.2) is 36.4 Å². The zero-order chi connectivity index (χ0) is 22.3. The Morgan fingerprint density at radius 1 is 1.16 bits per heavy atom. The minimum atomic E-state index is -1.10. The van der Waals surface area contributed by atoms with E-state index in [2.05, 4.69) is 29.8 Å². The number of carbonyl (C=O) groups is 2. The van der Waals surface area contributed by atoms with Gasteiger partial charge in [-0.15, -0.1) is 0 Å². The molecule has 0 bridgehead atoms. The van der Waals surface area contributed by atoms with Crippen molar-refractivity contribution in [3.05, 3.63) is 47.5 Å². The van der Waals surface area contributed by atoms with Gasteiger partial charge >= 0.3 is 0 Å². The number of rotatable bonds is 5. The Kier molecular flexibility index (Phi) is 5.39. The maximum Gasteiger partial charge on any atom is 0.250 e. The molecule has 164 valence electrons. The maximum absolute atomic E-state index is 13.6. The molecular weight excluding hydrogens is 394 g/mol. The third kappa shape index (κ3) is 3.43. The van der Waals surface area contributed by atoms with Gasteiger partial charge in [0.1, 0.15) is 17.0 Å². The average molecular weight is 424 g/mol. The monoisotopic (exact) mass is 423 g/mol. The molecule has 0 saturated carbocycles. The van der Waals surface area contributed by atoms with E-state index in [-0.39, 0.29) is 23.8 Å². The molecule has 2 aromatic rings. The van der Waals surface area contributed by atoms with Gasteiger partial charge in [-0.3, -0.25) is 14.9 Å². The molecule has 31 heavy (non-hydrogen) atoms. The van der Waals surface area contributed by atoms with Gasteiger partial charge in [-0.25, -0.2) is 0 Å². The first-order valence-electron chi connectivity index (χ1n) is 10.5. The zero-order valence-electron chi connectivity index (χ0n) is 18.5. The third-order valence-corrected chi connectivity index (χ3v) is 6.42. The smallest absolute Gasteiger partial charge is 0.250 e. The number of aryl methyl sites for hydroxylation is 1. The predicted molar refractivity (Wildman–Crippen MR) is 120 cm³/mol. The molecule has 7 nitrogen and oxygen atoms in total. The summed E-state index contributed by atoms with van der Waals surface area (Å²) < 4.78 is 10.7. The van der Waals surface area contributed by atoms with Crippen molar-refractivity contribution in [3.8, 4) is 11.5 Å². The summed E-state index contributed by atoms with van der Waals surface area (Å²) in [6.07, 6.45) is 0.552. The summed E-state index contributed by atoms with van der Waals surface area (Å²) in [4.78, 5) is 27.0. The molecule has 1 spiro atoms. The molecule has 0 aromatic heterocycles. The van der Waals surface area contributed by atoms with E-state index < -0.39 is 11.5 Å². The summed E-state index contributed by atoms with van der Waals surface area (Å²) >= 11 is 0. The van der Waals surface area contributed by atoms with Crippen molar-refractivity contribution < 1.29 is 19.1 Å². The van der Waals surface area contributed by atoms with E-state index >= 15 is 0 Å². The highest BCUT2D eigenvalue weighted by Gasteiger charge is 2.60. The Morgan fingerprint density at radius 3 is 2.61 bits per heavy atom. The largest absolute Gasteiger partial charge is 0.497 e. The first-order chi connectivity index (χ1) is 14.8. The minimum absolute atomic E-state index is 0.0279. The fourth-order valence-corrected chi connectivity index (χ4v) is 4.68. The normalized spacial score (nSPS) is 24.3. The van der Waals surface area contributed by atoms with Crippen molar-refractivity contribution in [2.45, 2.75) is 38.8 Å². The zero-order valence-corrected chi connectivity index (χ0v) is 18.5. The van der Waals surface area contributed by atoms with Crippen LogP contribution >= 0.6 is 0 Å². The Balaban J connectivity index is 1.75. The minimum Gasteiger partial charge on any atom is -0.497 e. The average Bonchev–Trinajstić information content (AvgIpc) is 3.28. The van der Waals surface area contributed by atoms with Gasteiger partial charge in [0.25, 0.3) is 0 Å². The van der Waals surface area contributed by atoms with Gasteiger partial charge in [0, 0.05) is 23.4 Å². The molecule has 3 N–H and O–H groups in total. The van der Waals surface area contributed by atoms with Crippen LogP contribution in [0.25, 0.3) is 0 Å². The fraction of sp³-hybridized carbons (Fsp3) is 0.417. The topological polar surface area (TPSA) is 88.7 Å². The van der Waals surface area contributed by atoms with E-state index in [1.165, 1.54) is 0 Å². The highest BCUT2D eigenvalue weighted by atomic mass is 16.5. The summed E-state index contributed by atoms with van der Waals surface area (Å²) in [5.74, 6) is 0.402. The van der Waals surface area contributed by atoms with E-state index in [0.717, 1.165) is 16.8 Å². The second kappa shape index (κ2) is 7.89. The third-order valence-electron chi connectivity index (χ3n) is 6.42. The molecule has 0 radical (unpaired) electrons. The van der Waals surface area contributed by atoms with Crippen molar-refractivity contribution in [1.29, 1.82) is 0 Å². The number of anilines is 2. The second-order valence-corrected chi connectivity index (χ2v) is 8.65. The Hall–Kier alpha value is -3.06. The molecule has 7 heteroatoms. The molecule has 3 atom stereocenters. The van der Waals surface area contributed by atoms with Gasteiger partial charge in [-0.1, -0.05) is 31.5 Å². The van der Waals surface area contributed by atoms with Crippen molar-refractivity contribution in [2.24, 2.45) is 11.8 Å². The lowest BCUT2D eigenvalue weighted by atomic mass is 9.79. The van der Waals surface area contributed by atoms with E-state index in [9.17, 15) is 9.59 Å². The molecule has 2 amide bonds. The van der Waals surface area contributed by atoms with Crippen LogP contribution in [0.5, 0.6) is 11.5 Å². The Bertz CT molecular complexity index is 1040. The summed E-state index contributed by atoms with van der Waals surface area (Å²) in [6.45, 7) is 6.18. The quantitative estimate of drug-likeness (QED) is 0.686. The molecule has 0 unspecified atom stereocenters. The molecule has 2 aliphatic rings.